The summed E-state index contributed by atoms with van der Waals surface area (Å²) in [5, 5.41) is 3.54. The smallest absolute Gasteiger partial charge is 0.265 e. The molecule has 0 aromatic carbocycles. The predicted octanol–water partition coefficient (Wildman–Crippen LogP) is 2.13. The zero-order valence-corrected chi connectivity index (χ0v) is 16.6. The molecule has 2 aromatic rings. The second kappa shape index (κ2) is 8.61. The molecular weight excluding hydrogens is 402 g/mol. The molecule has 1 aliphatic rings. The maximum absolute atomic E-state index is 12.7. The van der Waals surface area contributed by atoms with Crippen LogP contribution in [0.1, 0.15) is 21.0 Å². The van der Waals surface area contributed by atoms with Crippen LogP contribution < -0.4 is 10.5 Å². The summed E-state index contributed by atoms with van der Waals surface area (Å²) in [4.78, 5) is 15.6. The number of nitrogens with zero attached hydrogens (tertiary/aromatic N) is 1. The monoisotopic (exact) mass is 421 g/mol. The average molecular weight is 422 g/mol. The lowest BCUT2D eigenvalue weighted by molar-refractivity contribution is 0.0789. The molecule has 10 heteroatoms. The molecule has 0 saturated carbocycles. The Labute approximate surface area is 161 Å². The average Bonchev–Trinajstić information content (AvgIpc) is 3.33. The topological polar surface area (TPSA) is 92.5 Å². The van der Waals surface area contributed by atoms with Crippen molar-refractivity contribution < 1.29 is 13.2 Å². The SMILES string of the molecule is Cl.NCC1CCN(C(=O)c2sccc2S(=O)(=O)NCc2cccs2)C1. The molecule has 3 N–H and O–H groups in total. The van der Waals surface area contributed by atoms with E-state index in [1.54, 1.807) is 10.3 Å². The first-order valence-corrected chi connectivity index (χ1v) is 10.8. The first-order chi connectivity index (χ1) is 11.5. The summed E-state index contributed by atoms with van der Waals surface area (Å²) >= 11 is 2.65. The van der Waals surface area contributed by atoms with Gasteiger partial charge in [0.25, 0.3) is 5.91 Å². The quantitative estimate of drug-likeness (QED) is 0.747. The number of hydrogen-bond donors (Lipinski definition) is 2. The van der Waals surface area contributed by atoms with Crippen LogP contribution in [-0.2, 0) is 16.6 Å². The number of thiophene rings is 2. The van der Waals surface area contributed by atoms with E-state index in [0.717, 1.165) is 22.6 Å². The molecule has 1 amide bonds. The number of nitrogens with one attached hydrogen (secondary N) is 1. The van der Waals surface area contributed by atoms with Crippen LogP contribution in [-0.4, -0.2) is 38.9 Å². The van der Waals surface area contributed by atoms with Crippen molar-refractivity contribution in [2.75, 3.05) is 19.6 Å². The fourth-order valence-electron chi connectivity index (χ4n) is 2.68. The second-order valence-electron chi connectivity index (χ2n) is 5.66. The molecule has 138 valence electrons. The van der Waals surface area contributed by atoms with Gasteiger partial charge in [0, 0.05) is 24.5 Å². The van der Waals surface area contributed by atoms with Gasteiger partial charge in [-0.1, -0.05) is 6.07 Å². The number of sulfonamides is 1. The molecule has 0 spiro atoms. The van der Waals surface area contributed by atoms with Crippen molar-refractivity contribution in [2.45, 2.75) is 17.9 Å². The highest BCUT2D eigenvalue weighted by atomic mass is 35.5. The Hall–Kier alpha value is -0.970. The van der Waals surface area contributed by atoms with Crippen LogP contribution in [0.4, 0.5) is 0 Å². The lowest BCUT2D eigenvalue weighted by Gasteiger charge is -2.16. The molecule has 6 nitrogen and oxygen atoms in total. The van der Waals surface area contributed by atoms with Crippen molar-refractivity contribution >= 4 is 51.0 Å². The van der Waals surface area contributed by atoms with Gasteiger partial charge in [-0.3, -0.25) is 4.79 Å². The van der Waals surface area contributed by atoms with Gasteiger partial charge in [0.1, 0.15) is 9.77 Å². The third kappa shape index (κ3) is 4.60. The molecule has 1 unspecified atom stereocenters. The van der Waals surface area contributed by atoms with Gasteiger partial charge >= 0.3 is 0 Å². The molecule has 1 saturated heterocycles. The minimum Gasteiger partial charge on any atom is -0.338 e. The Bertz CT molecular complexity index is 805. The number of hydrogen-bond acceptors (Lipinski definition) is 6. The number of carbonyl (C=O) groups excluding carboxylic acids is 1. The molecule has 1 atom stereocenters. The van der Waals surface area contributed by atoms with Gasteiger partial charge in [0.15, 0.2) is 0 Å². The van der Waals surface area contributed by atoms with Gasteiger partial charge < -0.3 is 10.6 Å². The summed E-state index contributed by atoms with van der Waals surface area (Å²) in [5.41, 5.74) is 5.66. The summed E-state index contributed by atoms with van der Waals surface area (Å²) in [6.45, 7) is 1.99. The molecule has 1 aliphatic heterocycles. The fraction of sp³-hybridized carbons (Fsp3) is 0.400. The summed E-state index contributed by atoms with van der Waals surface area (Å²) in [5.74, 6) is 0.0726. The van der Waals surface area contributed by atoms with E-state index in [4.69, 9.17) is 5.73 Å². The molecule has 0 bridgehead atoms. The largest absolute Gasteiger partial charge is 0.338 e. The summed E-state index contributed by atoms with van der Waals surface area (Å²) < 4.78 is 27.7. The molecule has 1 fully saturated rings. The molecule has 2 aromatic heterocycles. The molecule has 0 radical (unpaired) electrons. The zero-order valence-electron chi connectivity index (χ0n) is 13.4. The van der Waals surface area contributed by atoms with Crippen molar-refractivity contribution in [3.63, 3.8) is 0 Å². The summed E-state index contributed by atoms with van der Waals surface area (Å²) in [6.07, 6.45) is 0.867. The normalized spacial score (nSPS) is 17.5. The highest BCUT2D eigenvalue weighted by Crippen LogP contribution is 2.26. The zero-order chi connectivity index (χ0) is 17.2. The molecule has 0 aliphatic carbocycles. The van der Waals surface area contributed by atoms with E-state index in [-0.39, 0.29) is 34.6 Å². The lowest BCUT2D eigenvalue weighted by atomic mass is 10.1. The summed E-state index contributed by atoms with van der Waals surface area (Å²) in [7, 11) is -3.72. The Morgan fingerprint density at radius 2 is 2.12 bits per heavy atom. The maximum atomic E-state index is 12.7. The lowest BCUT2D eigenvalue weighted by Crippen LogP contribution is -2.31. The minimum atomic E-state index is -3.72. The molecular formula is C15H20ClN3O3S3. The third-order valence-electron chi connectivity index (χ3n) is 4.04. The number of rotatable bonds is 6. The number of likely N-dealkylation sites (tertiary alicyclic amines) is 1. The molecule has 25 heavy (non-hydrogen) atoms. The van der Waals surface area contributed by atoms with Gasteiger partial charge in [-0.05, 0) is 41.8 Å². The predicted molar refractivity (Wildman–Crippen MR) is 103 cm³/mol. The number of amides is 1. The minimum absolute atomic E-state index is 0. The Kier molecular flexibility index (Phi) is 7.01. The van der Waals surface area contributed by atoms with Crippen LogP contribution in [0.15, 0.2) is 33.9 Å². The highest BCUT2D eigenvalue weighted by molar-refractivity contribution is 7.89. The van der Waals surface area contributed by atoms with Gasteiger partial charge in [-0.25, -0.2) is 13.1 Å². The van der Waals surface area contributed by atoms with Gasteiger partial charge in [-0.2, -0.15) is 0 Å². The van der Waals surface area contributed by atoms with Gasteiger partial charge in [-0.15, -0.1) is 35.1 Å². The van der Waals surface area contributed by atoms with Crippen molar-refractivity contribution in [1.29, 1.82) is 0 Å². The van der Waals surface area contributed by atoms with E-state index < -0.39 is 10.0 Å². The maximum Gasteiger partial charge on any atom is 0.265 e. The first kappa shape index (κ1) is 20.3. The number of nitrogens with two attached hydrogens (primary N) is 1. The van der Waals surface area contributed by atoms with Crippen LogP contribution in [0.3, 0.4) is 0 Å². The van der Waals surface area contributed by atoms with Crippen molar-refractivity contribution in [1.82, 2.24) is 9.62 Å². The Morgan fingerprint density at radius 3 is 2.76 bits per heavy atom. The molecule has 3 rings (SSSR count). The number of carbonyl (C=O) groups is 1. The van der Waals surface area contributed by atoms with Crippen LogP contribution >= 0.6 is 35.1 Å². The third-order valence-corrected chi connectivity index (χ3v) is 7.39. The van der Waals surface area contributed by atoms with Crippen LogP contribution in [0.25, 0.3) is 0 Å². The first-order valence-electron chi connectivity index (χ1n) is 7.60. The van der Waals surface area contributed by atoms with Crippen LogP contribution in [0.5, 0.6) is 0 Å². The van der Waals surface area contributed by atoms with E-state index in [1.165, 1.54) is 17.4 Å². The number of halogens is 1. The highest BCUT2D eigenvalue weighted by Gasteiger charge is 2.31. The van der Waals surface area contributed by atoms with Crippen molar-refractivity contribution in [3.05, 3.63) is 38.7 Å². The van der Waals surface area contributed by atoms with E-state index in [2.05, 4.69) is 4.72 Å². The van der Waals surface area contributed by atoms with E-state index in [0.29, 0.717) is 25.6 Å². The van der Waals surface area contributed by atoms with Crippen molar-refractivity contribution in [2.24, 2.45) is 11.7 Å². The molecule has 3 heterocycles. The van der Waals surface area contributed by atoms with Gasteiger partial charge in [0.05, 0.1) is 0 Å². The summed E-state index contributed by atoms with van der Waals surface area (Å²) in [6, 6.07) is 5.23. The van der Waals surface area contributed by atoms with Gasteiger partial charge in [0.2, 0.25) is 10.0 Å². The van der Waals surface area contributed by atoms with E-state index in [1.807, 2.05) is 17.5 Å². The fourth-order valence-corrected chi connectivity index (χ4v) is 5.80. The Morgan fingerprint density at radius 1 is 1.32 bits per heavy atom. The van der Waals surface area contributed by atoms with Crippen LogP contribution in [0.2, 0.25) is 0 Å². The van der Waals surface area contributed by atoms with Crippen molar-refractivity contribution in [3.8, 4) is 0 Å². The standard InChI is InChI=1S/C15H19N3O3S3.ClH/c16-8-11-3-5-18(10-11)15(19)14-13(4-7-23-14)24(20,21)17-9-12-2-1-6-22-12;/h1-2,4,6-7,11,17H,3,5,8-10,16H2;1H. The van der Waals surface area contributed by atoms with Crippen LogP contribution in [0, 0.1) is 5.92 Å². The second-order valence-corrected chi connectivity index (χ2v) is 9.34. The van der Waals surface area contributed by atoms with E-state index in [9.17, 15) is 13.2 Å². The van der Waals surface area contributed by atoms with E-state index >= 15 is 0 Å². The Balaban J connectivity index is 0.00000225.